The summed E-state index contributed by atoms with van der Waals surface area (Å²) in [6.07, 6.45) is 6.57. The smallest absolute Gasteiger partial charge is 0.260 e. The zero-order valence-electron chi connectivity index (χ0n) is 13.8. The number of hydrogen-bond acceptors (Lipinski definition) is 3. The van der Waals surface area contributed by atoms with Gasteiger partial charge in [0.05, 0.1) is 35.0 Å². The molecule has 1 aliphatic rings. The number of hydrogen-bond donors (Lipinski definition) is 1. The number of imidazole rings is 1. The predicted molar refractivity (Wildman–Crippen MR) is 95.8 cm³/mol. The van der Waals surface area contributed by atoms with Crippen LogP contribution >= 0.6 is 0 Å². The van der Waals surface area contributed by atoms with E-state index >= 15 is 0 Å². The van der Waals surface area contributed by atoms with Crippen molar-refractivity contribution < 1.29 is 9.59 Å². The van der Waals surface area contributed by atoms with Gasteiger partial charge in [0.1, 0.15) is 6.04 Å². The van der Waals surface area contributed by atoms with Gasteiger partial charge in [-0.15, -0.1) is 0 Å². The number of para-hydroxylation sites is 2. The molecule has 6 nitrogen and oxygen atoms in total. The number of rotatable bonds is 3. The highest BCUT2D eigenvalue weighted by Crippen LogP contribution is 2.34. The lowest BCUT2D eigenvalue weighted by Crippen LogP contribution is -2.51. The monoisotopic (exact) mass is 334 g/mol. The Labute approximate surface area is 145 Å². The summed E-state index contributed by atoms with van der Waals surface area (Å²) in [4.78, 5) is 31.5. The van der Waals surface area contributed by atoms with Crippen molar-refractivity contribution in [2.24, 2.45) is 0 Å². The van der Waals surface area contributed by atoms with E-state index in [4.69, 9.17) is 0 Å². The van der Waals surface area contributed by atoms with Crippen molar-refractivity contribution in [3.8, 4) is 0 Å². The number of fused-ring (bicyclic) bond motifs is 2. The van der Waals surface area contributed by atoms with Crippen LogP contribution in [0.4, 0.5) is 11.4 Å². The molecule has 25 heavy (non-hydrogen) atoms. The summed E-state index contributed by atoms with van der Waals surface area (Å²) >= 11 is 0. The lowest BCUT2D eigenvalue weighted by atomic mass is 10.0. The predicted octanol–water partition coefficient (Wildman–Crippen LogP) is 3.10. The Morgan fingerprint density at radius 2 is 2.08 bits per heavy atom. The molecule has 1 aliphatic heterocycles. The number of aromatic nitrogens is 2. The highest BCUT2D eigenvalue weighted by molar-refractivity contribution is 6.16. The molecule has 2 amide bonds. The van der Waals surface area contributed by atoms with Gasteiger partial charge in [0.15, 0.2) is 0 Å². The number of carbonyl (C=O) groups excluding carboxylic acids is 2. The SMILES string of the molecule is CCC[C@H]1C(=O)Nc2ccccc2N1C(=O)c1ccc2cncn2c1. The fraction of sp³-hybridized carbons (Fsp3) is 0.211. The standard InChI is InChI=1S/C19H18N4O2/c1-2-5-17-18(24)21-15-6-3-4-7-16(15)23(17)19(25)13-8-9-14-10-20-12-22(14)11-13/h3-4,6-12,17H,2,5H2,1H3,(H,21,24)/t17-/m0/s1. The van der Waals surface area contributed by atoms with Crippen molar-refractivity contribution in [2.75, 3.05) is 10.2 Å². The van der Waals surface area contributed by atoms with Crippen LogP contribution in [0, 0.1) is 0 Å². The maximum Gasteiger partial charge on any atom is 0.260 e. The van der Waals surface area contributed by atoms with E-state index in [2.05, 4.69) is 10.3 Å². The second-order valence-electron chi connectivity index (χ2n) is 6.13. The molecule has 1 N–H and O–H groups in total. The molecule has 126 valence electrons. The Morgan fingerprint density at radius 3 is 2.92 bits per heavy atom. The highest BCUT2D eigenvalue weighted by Gasteiger charge is 2.36. The lowest BCUT2D eigenvalue weighted by Gasteiger charge is -2.36. The molecule has 3 heterocycles. The van der Waals surface area contributed by atoms with Crippen molar-refractivity contribution in [2.45, 2.75) is 25.8 Å². The molecule has 3 aromatic rings. The second kappa shape index (κ2) is 6.05. The van der Waals surface area contributed by atoms with Gasteiger partial charge in [0, 0.05) is 6.20 Å². The molecular weight excluding hydrogens is 316 g/mol. The topological polar surface area (TPSA) is 66.7 Å². The van der Waals surface area contributed by atoms with Crippen LogP contribution in [0.25, 0.3) is 5.52 Å². The van der Waals surface area contributed by atoms with Crippen LogP contribution < -0.4 is 10.2 Å². The molecule has 6 heteroatoms. The number of amides is 2. The molecule has 0 bridgehead atoms. The minimum Gasteiger partial charge on any atom is -0.322 e. The third-order valence-electron chi connectivity index (χ3n) is 4.47. The molecule has 0 aliphatic carbocycles. The zero-order valence-corrected chi connectivity index (χ0v) is 13.8. The van der Waals surface area contributed by atoms with E-state index in [1.54, 1.807) is 34.1 Å². The first-order valence-corrected chi connectivity index (χ1v) is 8.34. The van der Waals surface area contributed by atoms with Crippen LogP contribution in [0.2, 0.25) is 0 Å². The lowest BCUT2D eigenvalue weighted by molar-refractivity contribution is -0.117. The Morgan fingerprint density at radius 1 is 1.24 bits per heavy atom. The van der Waals surface area contributed by atoms with Crippen LogP contribution in [0.5, 0.6) is 0 Å². The van der Waals surface area contributed by atoms with Crippen molar-refractivity contribution >= 4 is 28.7 Å². The Hall–Kier alpha value is -3.15. The average Bonchev–Trinajstić information content (AvgIpc) is 3.09. The summed E-state index contributed by atoms with van der Waals surface area (Å²) in [6, 6.07) is 10.5. The van der Waals surface area contributed by atoms with Gasteiger partial charge in [-0.1, -0.05) is 25.5 Å². The number of anilines is 2. The van der Waals surface area contributed by atoms with Crippen LogP contribution in [-0.2, 0) is 4.79 Å². The van der Waals surface area contributed by atoms with Gasteiger partial charge >= 0.3 is 0 Å². The number of nitrogens with zero attached hydrogens (tertiary/aromatic N) is 3. The van der Waals surface area contributed by atoms with Crippen molar-refractivity contribution in [3.63, 3.8) is 0 Å². The average molecular weight is 334 g/mol. The highest BCUT2D eigenvalue weighted by atomic mass is 16.2. The van der Waals surface area contributed by atoms with Gasteiger partial charge in [0.25, 0.3) is 5.91 Å². The maximum atomic E-state index is 13.3. The van der Waals surface area contributed by atoms with E-state index in [0.29, 0.717) is 17.7 Å². The van der Waals surface area contributed by atoms with Crippen LogP contribution in [0.15, 0.2) is 55.1 Å². The fourth-order valence-electron chi connectivity index (χ4n) is 3.26. The molecule has 0 unspecified atom stereocenters. The van der Waals surface area contributed by atoms with E-state index in [-0.39, 0.29) is 11.8 Å². The number of benzene rings is 1. The number of nitrogens with one attached hydrogen (secondary N) is 1. The fourth-order valence-corrected chi connectivity index (χ4v) is 3.26. The molecule has 0 saturated heterocycles. The van der Waals surface area contributed by atoms with Crippen molar-refractivity contribution in [1.82, 2.24) is 9.38 Å². The van der Waals surface area contributed by atoms with Gasteiger partial charge in [-0.25, -0.2) is 4.98 Å². The van der Waals surface area contributed by atoms with E-state index in [1.807, 2.05) is 37.3 Å². The molecule has 0 radical (unpaired) electrons. The van der Waals surface area contributed by atoms with E-state index in [0.717, 1.165) is 17.6 Å². The Bertz CT molecular complexity index is 963. The summed E-state index contributed by atoms with van der Waals surface area (Å²) in [7, 11) is 0. The molecule has 1 aromatic carbocycles. The summed E-state index contributed by atoms with van der Waals surface area (Å²) in [5.74, 6) is -0.325. The minimum atomic E-state index is -0.508. The summed E-state index contributed by atoms with van der Waals surface area (Å²) < 4.78 is 1.80. The molecule has 1 atom stereocenters. The first-order valence-electron chi connectivity index (χ1n) is 8.34. The van der Waals surface area contributed by atoms with E-state index in [9.17, 15) is 9.59 Å². The first-order chi connectivity index (χ1) is 12.2. The zero-order chi connectivity index (χ0) is 17.4. The Balaban J connectivity index is 1.81. The van der Waals surface area contributed by atoms with Gasteiger partial charge in [-0.2, -0.15) is 0 Å². The first kappa shape index (κ1) is 15.4. The number of pyridine rings is 1. The third-order valence-corrected chi connectivity index (χ3v) is 4.47. The van der Waals surface area contributed by atoms with E-state index < -0.39 is 6.04 Å². The van der Waals surface area contributed by atoms with E-state index in [1.165, 1.54) is 0 Å². The van der Waals surface area contributed by atoms with Gasteiger partial charge in [-0.3, -0.25) is 14.5 Å². The van der Waals surface area contributed by atoms with Gasteiger partial charge in [0.2, 0.25) is 5.91 Å². The quantitative estimate of drug-likeness (QED) is 0.800. The minimum absolute atomic E-state index is 0.141. The number of carbonyl (C=O) groups is 2. The van der Waals surface area contributed by atoms with Gasteiger partial charge in [-0.05, 0) is 30.7 Å². The third kappa shape index (κ3) is 2.55. The van der Waals surface area contributed by atoms with Gasteiger partial charge < -0.3 is 9.72 Å². The Kier molecular flexibility index (Phi) is 3.72. The second-order valence-corrected chi connectivity index (χ2v) is 6.13. The summed E-state index contributed by atoms with van der Waals surface area (Å²) in [5.41, 5.74) is 2.84. The molecule has 0 saturated carbocycles. The molecule has 4 rings (SSSR count). The molecule has 0 fully saturated rings. The molecule has 0 spiro atoms. The normalized spacial score (nSPS) is 16.6. The summed E-state index contributed by atoms with van der Waals surface area (Å²) in [5, 5.41) is 2.91. The summed E-state index contributed by atoms with van der Waals surface area (Å²) in [6.45, 7) is 2.01. The largest absolute Gasteiger partial charge is 0.322 e. The maximum absolute atomic E-state index is 13.3. The molecule has 2 aromatic heterocycles. The molecular formula is C19H18N4O2. The van der Waals surface area contributed by atoms with Crippen molar-refractivity contribution in [1.29, 1.82) is 0 Å². The van der Waals surface area contributed by atoms with Crippen molar-refractivity contribution in [3.05, 3.63) is 60.7 Å². The van der Waals surface area contributed by atoms with Crippen LogP contribution in [-0.4, -0.2) is 27.2 Å². The van der Waals surface area contributed by atoms with Crippen LogP contribution in [0.1, 0.15) is 30.1 Å². The van der Waals surface area contributed by atoms with Crippen LogP contribution in [0.3, 0.4) is 0 Å².